The molecule has 1 amide bonds. The van der Waals surface area contributed by atoms with Crippen LogP contribution in [0.3, 0.4) is 0 Å². The highest BCUT2D eigenvalue weighted by atomic mass is 35.5. The predicted molar refractivity (Wildman–Crippen MR) is 119 cm³/mol. The van der Waals surface area contributed by atoms with Gasteiger partial charge in [-0.15, -0.1) is 11.8 Å². The Morgan fingerprint density at radius 2 is 1.89 bits per heavy atom. The van der Waals surface area contributed by atoms with Crippen LogP contribution in [0.2, 0.25) is 15.2 Å². The van der Waals surface area contributed by atoms with Gasteiger partial charge in [-0.3, -0.25) is 9.79 Å². The van der Waals surface area contributed by atoms with Gasteiger partial charge in [-0.1, -0.05) is 34.8 Å². The summed E-state index contributed by atoms with van der Waals surface area (Å²) in [5, 5.41) is 4.12. The van der Waals surface area contributed by atoms with E-state index in [0.29, 0.717) is 20.9 Å². The average Bonchev–Trinajstić information content (AvgIpc) is 2.69. The normalized spacial score (nSPS) is 11.0. The molecule has 0 bridgehead atoms. The first-order valence-corrected chi connectivity index (χ1v) is 10.3. The van der Waals surface area contributed by atoms with Crippen molar-refractivity contribution in [2.24, 2.45) is 4.99 Å². The molecule has 142 valence electrons. The zero-order valence-corrected chi connectivity index (χ0v) is 17.5. The van der Waals surface area contributed by atoms with Crippen molar-refractivity contribution in [1.82, 2.24) is 4.98 Å². The first-order valence-electron chi connectivity index (χ1n) is 8.13. The predicted octanol–water partition coefficient (Wildman–Crippen LogP) is 6.52. The van der Waals surface area contributed by atoms with E-state index >= 15 is 0 Å². The first-order chi connectivity index (χ1) is 13.5. The summed E-state index contributed by atoms with van der Waals surface area (Å²) in [6.45, 7) is 0. The van der Waals surface area contributed by atoms with Crippen molar-refractivity contribution in [1.29, 1.82) is 0 Å². The molecule has 0 saturated heterocycles. The molecule has 2 aromatic carbocycles. The molecule has 4 nitrogen and oxygen atoms in total. The Balaban J connectivity index is 1.55. The van der Waals surface area contributed by atoms with Gasteiger partial charge in [-0.25, -0.2) is 4.98 Å². The second kappa shape index (κ2) is 9.94. The lowest BCUT2D eigenvalue weighted by atomic mass is 10.3. The number of hydrogen-bond acceptors (Lipinski definition) is 4. The smallest absolute Gasteiger partial charge is 0.234 e. The van der Waals surface area contributed by atoms with E-state index in [4.69, 9.17) is 34.8 Å². The minimum Gasteiger partial charge on any atom is -0.324 e. The fraction of sp³-hybridized carbons (Fsp3) is 0.0500. The molecule has 1 heterocycles. The lowest BCUT2D eigenvalue weighted by Gasteiger charge is -2.07. The van der Waals surface area contributed by atoms with Crippen LogP contribution in [0.15, 0.2) is 70.7 Å². The van der Waals surface area contributed by atoms with Crippen molar-refractivity contribution in [2.75, 3.05) is 11.1 Å². The molecule has 0 aliphatic rings. The Morgan fingerprint density at radius 3 is 2.64 bits per heavy atom. The molecular weight excluding hydrogens is 437 g/mol. The van der Waals surface area contributed by atoms with E-state index in [1.807, 2.05) is 30.3 Å². The summed E-state index contributed by atoms with van der Waals surface area (Å²) in [7, 11) is 0. The molecule has 0 spiro atoms. The fourth-order valence-electron chi connectivity index (χ4n) is 2.20. The van der Waals surface area contributed by atoms with E-state index in [0.717, 1.165) is 16.1 Å². The Labute approximate surface area is 181 Å². The number of aromatic nitrogens is 1. The van der Waals surface area contributed by atoms with Gasteiger partial charge in [0.15, 0.2) is 0 Å². The van der Waals surface area contributed by atoms with Crippen LogP contribution in [-0.4, -0.2) is 22.9 Å². The number of amides is 1. The highest BCUT2D eigenvalue weighted by Crippen LogP contribution is 2.26. The number of nitrogens with zero attached hydrogens (tertiary/aromatic N) is 2. The molecule has 1 N–H and O–H groups in total. The van der Waals surface area contributed by atoms with Crippen molar-refractivity contribution < 1.29 is 4.79 Å². The molecule has 0 saturated carbocycles. The summed E-state index contributed by atoms with van der Waals surface area (Å²) in [4.78, 5) is 21.5. The van der Waals surface area contributed by atoms with Crippen LogP contribution in [-0.2, 0) is 4.79 Å². The Bertz CT molecular complexity index is 1010. The van der Waals surface area contributed by atoms with Crippen molar-refractivity contribution >= 4 is 70.1 Å². The van der Waals surface area contributed by atoms with Crippen molar-refractivity contribution in [3.05, 3.63) is 81.6 Å². The van der Waals surface area contributed by atoms with Gasteiger partial charge in [0, 0.05) is 27.9 Å². The summed E-state index contributed by atoms with van der Waals surface area (Å²) in [6.07, 6.45) is 3.29. The molecule has 3 aromatic rings. The van der Waals surface area contributed by atoms with Crippen molar-refractivity contribution in [2.45, 2.75) is 4.90 Å². The highest BCUT2D eigenvalue weighted by molar-refractivity contribution is 8.00. The minimum absolute atomic E-state index is 0.164. The van der Waals surface area contributed by atoms with E-state index in [9.17, 15) is 4.79 Å². The number of aliphatic imine (C=N–C) groups is 1. The molecule has 0 radical (unpaired) electrons. The number of carbonyl (C=O) groups is 1. The fourth-order valence-corrected chi connectivity index (χ4v) is 3.40. The third kappa shape index (κ3) is 5.97. The Hall–Kier alpha value is -2.05. The van der Waals surface area contributed by atoms with Crippen LogP contribution in [0.4, 0.5) is 11.4 Å². The van der Waals surface area contributed by atoms with Gasteiger partial charge in [-0.2, -0.15) is 0 Å². The van der Waals surface area contributed by atoms with Gasteiger partial charge >= 0.3 is 0 Å². The molecule has 3 rings (SSSR count). The monoisotopic (exact) mass is 449 g/mol. The molecule has 0 atom stereocenters. The number of pyridine rings is 1. The van der Waals surface area contributed by atoms with Crippen LogP contribution >= 0.6 is 46.6 Å². The molecule has 1 aromatic heterocycles. The Morgan fingerprint density at radius 1 is 1.11 bits per heavy atom. The summed E-state index contributed by atoms with van der Waals surface area (Å²) < 4.78 is 0. The van der Waals surface area contributed by atoms with E-state index in [2.05, 4.69) is 15.3 Å². The van der Waals surface area contributed by atoms with Crippen LogP contribution in [0, 0.1) is 0 Å². The average molecular weight is 451 g/mol. The number of halogens is 3. The maximum Gasteiger partial charge on any atom is 0.234 e. The van der Waals surface area contributed by atoms with Crippen LogP contribution < -0.4 is 5.32 Å². The van der Waals surface area contributed by atoms with Gasteiger partial charge in [0.25, 0.3) is 0 Å². The molecule has 8 heteroatoms. The molecule has 0 unspecified atom stereocenters. The van der Waals surface area contributed by atoms with Gasteiger partial charge in [0.1, 0.15) is 5.15 Å². The lowest BCUT2D eigenvalue weighted by molar-refractivity contribution is -0.113. The molecule has 0 fully saturated rings. The molecular formula is C20H14Cl3N3OS. The maximum atomic E-state index is 12.1. The van der Waals surface area contributed by atoms with Gasteiger partial charge in [0.2, 0.25) is 5.91 Å². The van der Waals surface area contributed by atoms with Crippen LogP contribution in [0.5, 0.6) is 0 Å². The number of thioether (sulfide) groups is 1. The van der Waals surface area contributed by atoms with Gasteiger partial charge in [-0.05, 0) is 54.6 Å². The van der Waals surface area contributed by atoms with Gasteiger partial charge in [0.05, 0.1) is 22.2 Å². The van der Waals surface area contributed by atoms with E-state index in [1.54, 1.807) is 36.7 Å². The molecule has 0 aliphatic carbocycles. The number of rotatable bonds is 6. The third-order valence-corrected chi connectivity index (χ3v) is 5.44. The number of carbonyl (C=O) groups excluding carboxylic acids is 1. The molecule has 28 heavy (non-hydrogen) atoms. The molecule has 0 aliphatic heterocycles. The largest absolute Gasteiger partial charge is 0.324 e. The van der Waals surface area contributed by atoms with Crippen molar-refractivity contribution in [3.8, 4) is 0 Å². The second-order valence-corrected chi connectivity index (χ2v) is 7.85. The minimum atomic E-state index is -0.164. The quantitative estimate of drug-likeness (QED) is 0.264. The number of hydrogen-bond donors (Lipinski definition) is 1. The third-order valence-electron chi connectivity index (χ3n) is 3.55. The summed E-state index contributed by atoms with van der Waals surface area (Å²) >= 11 is 19.4. The summed E-state index contributed by atoms with van der Waals surface area (Å²) in [6, 6.07) is 16.1. The van der Waals surface area contributed by atoms with Gasteiger partial charge < -0.3 is 5.32 Å². The lowest BCUT2D eigenvalue weighted by Crippen LogP contribution is -2.14. The SMILES string of the molecule is O=C(CSc1ccc(N=Cc2cccnc2Cl)cc1)Nc1cc(Cl)ccc1Cl. The van der Waals surface area contributed by atoms with Crippen LogP contribution in [0.25, 0.3) is 0 Å². The first kappa shape index (κ1) is 20.7. The standard InChI is InChI=1S/C20H14Cl3N3OS/c21-14-3-8-17(22)18(10-14)26-19(27)12-28-16-6-4-15(5-7-16)25-11-13-2-1-9-24-20(13)23/h1-11H,12H2,(H,26,27). The van der Waals surface area contributed by atoms with Crippen LogP contribution in [0.1, 0.15) is 5.56 Å². The summed E-state index contributed by atoms with van der Waals surface area (Å²) in [5.74, 6) is 0.0824. The number of benzene rings is 2. The number of nitrogens with one attached hydrogen (secondary N) is 1. The van der Waals surface area contributed by atoms with Crippen molar-refractivity contribution in [3.63, 3.8) is 0 Å². The topological polar surface area (TPSA) is 54.4 Å². The zero-order valence-electron chi connectivity index (χ0n) is 14.4. The Kier molecular flexibility index (Phi) is 7.34. The van der Waals surface area contributed by atoms with E-state index in [-0.39, 0.29) is 11.7 Å². The highest BCUT2D eigenvalue weighted by Gasteiger charge is 2.07. The zero-order chi connectivity index (χ0) is 19.9. The van der Waals surface area contributed by atoms with E-state index < -0.39 is 0 Å². The maximum absolute atomic E-state index is 12.1. The second-order valence-electron chi connectivity index (χ2n) is 5.60. The van der Waals surface area contributed by atoms with E-state index in [1.165, 1.54) is 11.8 Å². The summed E-state index contributed by atoms with van der Waals surface area (Å²) in [5.41, 5.74) is 2.02. The number of anilines is 1.